The van der Waals surface area contributed by atoms with Crippen molar-refractivity contribution >= 4 is 27.6 Å². The Morgan fingerprint density at radius 1 is 0.315 bits per heavy atom. The summed E-state index contributed by atoms with van der Waals surface area (Å²) in [5.74, 6) is 10.6. The fourth-order valence-corrected chi connectivity index (χ4v) is 10.6. The second-order valence-electron chi connectivity index (χ2n) is 23.7. The number of hydrazine groups is 1. The first-order valence-corrected chi connectivity index (χ1v) is 35.0. The van der Waals surface area contributed by atoms with E-state index in [9.17, 15) is 19.8 Å². The van der Waals surface area contributed by atoms with E-state index in [2.05, 4.69) is 127 Å². The van der Waals surface area contributed by atoms with Crippen LogP contribution in [0.5, 0.6) is 46.0 Å². The van der Waals surface area contributed by atoms with E-state index in [1.807, 2.05) is 157 Å². The Labute approximate surface area is 637 Å². The number of amides is 1. The summed E-state index contributed by atoms with van der Waals surface area (Å²) in [4.78, 5) is 40.0. The number of nitrogen functional groups attached to an aromatic ring is 1. The number of phenols is 2. The lowest BCUT2D eigenvalue weighted by atomic mass is 10.0. The normalized spacial score (nSPS) is 10.1. The number of nitrogens with two attached hydrogens (primary N) is 1. The van der Waals surface area contributed by atoms with E-state index in [1.54, 1.807) is 128 Å². The van der Waals surface area contributed by atoms with Crippen molar-refractivity contribution in [3.8, 4) is 136 Å². The largest absolute Gasteiger partial charge is 0.508 e. The van der Waals surface area contributed by atoms with Crippen LogP contribution in [-0.2, 0) is 0 Å². The number of aromatic nitrogens is 6. The highest BCUT2D eigenvalue weighted by Crippen LogP contribution is 2.30. The number of benzene rings is 10. The number of Topliss-reactive ketones (excluding diaryl/α,β-unsaturated/α-hetero) is 1. The molecule has 0 radical (unpaired) electrons. The third-order valence-electron chi connectivity index (χ3n) is 16.5. The maximum absolute atomic E-state index is 11.1. The van der Waals surface area contributed by atoms with Gasteiger partial charge in [0.1, 0.15) is 51.7 Å². The number of methoxy groups -OCH3 is 6. The predicted octanol–water partition coefficient (Wildman–Crippen LogP) is 19.1. The molecule has 5 N–H and O–H groups in total. The number of hydrogen-bond donors (Lipinski definition) is 4. The summed E-state index contributed by atoms with van der Waals surface area (Å²) in [6.45, 7) is 4.19. The summed E-state index contributed by atoms with van der Waals surface area (Å²) in [7, 11) is 9.77. The van der Waals surface area contributed by atoms with Gasteiger partial charge in [0, 0.05) is 74.2 Å². The summed E-state index contributed by atoms with van der Waals surface area (Å²) in [6.07, 6.45) is 7.35. The number of aromatic hydroxyl groups is 2. The van der Waals surface area contributed by atoms with Crippen molar-refractivity contribution in [3.63, 3.8) is 0 Å². The van der Waals surface area contributed by atoms with Gasteiger partial charge in [-0.1, -0.05) is 118 Å². The first-order valence-electron chi connectivity index (χ1n) is 33.9. The van der Waals surface area contributed by atoms with Crippen molar-refractivity contribution in [3.05, 3.63) is 326 Å². The molecule has 14 rings (SSSR count). The molecule has 108 heavy (non-hydrogen) atoms. The minimum atomic E-state index is -0.308. The van der Waals surface area contributed by atoms with Crippen LogP contribution in [0.3, 0.4) is 0 Å². The number of aryl methyl sites for hydroxylation is 2. The predicted molar refractivity (Wildman–Crippen MR) is 431 cm³/mol. The number of nitrogens with one attached hydrogen (secondary N) is 1. The Kier molecular flexibility index (Phi) is 29.6. The van der Waals surface area contributed by atoms with Gasteiger partial charge in [0.05, 0.1) is 71.3 Å². The highest BCUT2D eigenvalue weighted by atomic mass is 79.9. The third kappa shape index (κ3) is 23.3. The van der Waals surface area contributed by atoms with Crippen LogP contribution in [0.4, 0.5) is 0 Å². The number of ketones is 1. The summed E-state index contributed by atoms with van der Waals surface area (Å²) in [5.41, 5.74) is 20.9. The van der Waals surface area contributed by atoms with E-state index in [1.165, 1.54) is 16.7 Å². The number of phenolic OH excluding ortho intramolecular Hbond substituents is 2. The third-order valence-corrected chi connectivity index (χ3v) is 17.0. The second kappa shape index (κ2) is 40.6. The summed E-state index contributed by atoms with van der Waals surface area (Å²) in [6, 6.07) is 88.0. The van der Waals surface area contributed by atoms with Crippen LogP contribution in [-0.4, -0.2) is 100 Å². The number of ether oxygens (including phenoxy) is 6. The van der Waals surface area contributed by atoms with Gasteiger partial charge in [-0.3, -0.25) is 30.0 Å². The quantitative estimate of drug-likeness (QED) is 0.0218. The van der Waals surface area contributed by atoms with E-state index in [0.29, 0.717) is 28.0 Å². The summed E-state index contributed by atoms with van der Waals surface area (Å²) in [5, 5.41) is 27.4. The van der Waals surface area contributed by atoms with E-state index in [0.717, 1.165) is 107 Å². The molecule has 0 saturated carbocycles. The molecule has 18 nitrogen and oxygen atoms in total. The molecule has 544 valence electrons. The van der Waals surface area contributed by atoms with E-state index < -0.39 is 0 Å². The van der Waals surface area contributed by atoms with Crippen LogP contribution in [0.1, 0.15) is 31.8 Å². The number of hydrogen-bond acceptors (Lipinski definition) is 17. The lowest BCUT2D eigenvalue weighted by Gasteiger charge is -2.06. The smallest absolute Gasteiger partial charge is 0.265 e. The van der Waals surface area contributed by atoms with Crippen molar-refractivity contribution in [1.29, 1.82) is 0 Å². The van der Waals surface area contributed by atoms with Crippen molar-refractivity contribution in [2.24, 2.45) is 5.84 Å². The summed E-state index contributed by atoms with van der Waals surface area (Å²) >= 11 is 3.11. The Morgan fingerprint density at radius 2 is 0.583 bits per heavy atom. The average molecular weight is 1500 g/mol. The molecule has 0 fully saturated rings. The van der Waals surface area contributed by atoms with Gasteiger partial charge < -0.3 is 38.6 Å². The molecule has 1 amide bonds. The monoisotopic (exact) mass is 1500 g/mol. The Hall–Kier alpha value is -13.4. The maximum atomic E-state index is 11.1. The SMILES string of the molecule is COc1ccc(-c2ccc(-c3ccc(OC)cc3)nc2)cc1.COc1ccc(-c2cnc(-c3ccc(OC)cc3)nn2)cc1.COc1ccc(C(=O)CBr)cc1.COc1ccc(C(=O)NN)cc1.Cc1ccc(-c2ccc(-c3ccc(C)cc3)nc2)cc1.Oc1ccc(-c2ccc(-c3ccc(O)cc3)nc2)cc1. The van der Waals surface area contributed by atoms with Crippen molar-refractivity contribution in [1.82, 2.24) is 35.6 Å². The standard InChI is InChI=1S/C19H17NO2.C19H17N.C17H15N3O2.C17H13NO2.C9H9BrO2.C8H10N2O2/c1-21-17-8-3-14(4-9-17)16-7-12-19(20-13-16)15-5-10-18(22-2)11-6-15;1-14-3-7-16(8-4-14)18-11-12-19(20-13-18)17-9-5-15(2)6-10-17;1-21-14-7-3-12(4-8-14)16-11-18-17(20-19-16)13-5-9-15(22-2)10-6-13;19-15-6-1-12(2-7-15)14-5-10-17(18-11-14)13-3-8-16(20)9-4-13;1-12-8-4-2-7(3-5-8)9(11)6-10;1-12-7-4-2-6(3-5-7)8(11)10-9/h3-13H,1-2H3;3-13H,1-2H3;3-11H,1-2H3;1-11,19-20H;2-5H,6H2,1H3;2-5H,9H2,1H3,(H,10,11). The van der Waals surface area contributed by atoms with Crippen molar-refractivity contribution in [2.45, 2.75) is 13.8 Å². The zero-order chi connectivity index (χ0) is 76.6. The molecular weight excluding hydrogens is 1420 g/mol. The average Bonchev–Trinajstić information content (AvgIpc) is 0.851. The molecule has 0 aliphatic rings. The van der Waals surface area contributed by atoms with E-state index in [4.69, 9.17) is 34.3 Å². The molecule has 19 heteroatoms. The number of carbonyl (C=O) groups is 2. The fourth-order valence-electron chi connectivity index (χ4n) is 10.2. The Morgan fingerprint density at radius 3 is 0.880 bits per heavy atom. The first kappa shape index (κ1) is 78.8. The highest BCUT2D eigenvalue weighted by molar-refractivity contribution is 9.09. The van der Waals surface area contributed by atoms with E-state index in [-0.39, 0.29) is 23.2 Å². The molecular formula is C89H81BrN8O10. The Balaban J connectivity index is 0.000000152. The van der Waals surface area contributed by atoms with Crippen molar-refractivity contribution < 1.29 is 48.2 Å². The minimum absolute atomic E-state index is 0.0812. The number of rotatable bonds is 17. The zero-order valence-electron chi connectivity index (χ0n) is 60.9. The molecule has 10 aromatic carbocycles. The first-order chi connectivity index (χ1) is 52.6. The van der Waals surface area contributed by atoms with Gasteiger partial charge in [0.25, 0.3) is 5.91 Å². The molecule has 0 bridgehead atoms. The molecule has 4 aromatic heterocycles. The van der Waals surface area contributed by atoms with Crippen LogP contribution in [0.15, 0.2) is 304 Å². The topological polar surface area (TPSA) is 245 Å². The molecule has 14 aromatic rings. The minimum Gasteiger partial charge on any atom is -0.508 e. The fraction of sp³-hybridized carbons (Fsp3) is 0.101. The molecule has 4 heterocycles. The number of alkyl halides is 1. The van der Waals surface area contributed by atoms with Crippen LogP contribution in [0.2, 0.25) is 0 Å². The summed E-state index contributed by atoms with van der Waals surface area (Å²) < 4.78 is 30.5. The van der Waals surface area contributed by atoms with Gasteiger partial charge in [0.2, 0.25) is 0 Å². The molecule has 0 spiro atoms. The number of carbonyl (C=O) groups excluding carboxylic acids is 2. The van der Waals surface area contributed by atoms with Gasteiger partial charge in [-0.15, -0.1) is 10.2 Å². The lowest BCUT2D eigenvalue weighted by molar-refractivity contribution is 0.0952. The van der Waals surface area contributed by atoms with Crippen LogP contribution in [0.25, 0.3) is 89.8 Å². The van der Waals surface area contributed by atoms with E-state index >= 15 is 0 Å². The van der Waals surface area contributed by atoms with Gasteiger partial charge in [-0.05, 0) is 219 Å². The van der Waals surface area contributed by atoms with Gasteiger partial charge in [-0.25, -0.2) is 10.8 Å². The molecule has 0 saturated heterocycles. The second-order valence-corrected chi connectivity index (χ2v) is 24.3. The maximum Gasteiger partial charge on any atom is 0.265 e. The van der Waals surface area contributed by atoms with Gasteiger partial charge in [0.15, 0.2) is 11.6 Å². The lowest BCUT2D eigenvalue weighted by Crippen LogP contribution is -2.29. The van der Waals surface area contributed by atoms with Gasteiger partial charge >= 0.3 is 0 Å². The Bertz CT molecular complexity index is 4450. The number of pyridine rings is 3. The van der Waals surface area contributed by atoms with Crippen LogP contribution < -0.4 is 39.7 Å². The number of nitrogens with zero attached hydrogens (tertiary/aromatic N) is 6. The van der Waals surface area contributed by atoms with Crippen molar-refractivity contribution in [2.75, 3.05) is 48.0 Å². The number of halogens is 1. The molecule has 0 unspecified atom stereocenters. The molecule has 0 aliphatic heterocycles. The molecule has 0 atom stereocenters. The molecule has 0 aliphatic carbocycles. The van der Waals surface area contributed by atoms with Crippen LogP contribution >= 0.6 is 15.9 Å². The van der Waals surface area contributed by atoms with Crippen LogP contribution in [0, 0.1) is 13.8 Å². The zero-order valence-corrected chi connectivity index (χ0v) is 62.5. The highest BCUT2D eigenvalue weighted by Gasteiger charge is 2.10. The van der Waals surface area contributed by atoms with Gasteiger partial charge in [-0.2, -0.15) is 0 Å².